The largest absolute Gasteiger partial charge is 0.497 e. The molecule has 0 radical (unpaired) electrons. The lowest BCUT2D eigenvalue weighted by Gasteiger charge is -2.13. The first kappa shape index (κ1) is 19.9. The van der Waals surface area contributed by atoms with Gasteiger partial charge in [-0.25, -0.2) is 0 Å². The van der Waals surface area contributed by atoms with Crippen molar-refractivity contribution in [2.75, 3.05) is 20.2 Å². The van der Waals surface area contributed by atoms with E-state index < -0.39 is 5.97 Å². The molecule has 0 aromatic heterocycles. The zero-order chi connectivity index (χ0) is 19.1. The Morgan fingerprint density at radius 3 is 2.62 bits per heavy atom. The number of thiocarbonyl (C=S) groups is 1. The number of rotatable bonds is 8. The molecule has 2 amide bonds. The van der Waals surface area contributed by atoms with Crippen LogP contribution in [-0.4, -0.2) is 52.3 Å². The normalized spacial score (nSPS) is 15.4. The van der Waals surface area contributed by atoms with Crippen LogP contribution in [0.1, 0.15) is 18.4 Å². The smallest absolute Gasteiger partial charge is 0.305 e. The highest BCUT2D eigenvalue weighted by atomic mass is 32.2. The molecule has 26 heavy (non-hydrogen) atoms. The molecule has 1 aromatic carbocycles. The number of hydrogen-bond donors (Lipinski definition) is 2. The minimum atomic E-state index is -0.981. The number of carbonyl (C=O) groups is 3. The van der Waals surface area contributed by atoms with Gasteiger partial charge in [0.05, 0.1) is 18.4 Å². The molecule has 0 aliphatic carbocycles. The summed E-state index contributed by atoms with van der Waals surface area (Å²) in [6.45, 7) is 0.216. The predicted molar refractivity (Wildman–Crippen MR) is 103 cm³/mol. The number of carboxylic acid groups (broad SMARTS) is 1. The maximum Gasteiger partial charge on any atom is 0.305 e. The molecule has 1 saturated heterocycles. The van der Waals surface area contributed by atoms with E-state index in [0.29, 0.717) is 9.23 Å². The van der Waals surface area contributed by atoms with Gasteiger partial charge in [0, 0.05) is 19.5 Å². The van der Waals surface area contributed by atoms with Gasteiger partial charge in [-0.3, -0.25) is 19.3 Å². The summed E-state index contributed by atoms with van der Waals surface area (Å²) in [5.41, 5.74) is 0.845. The van der Waals surface area contributed by atoms with Gasteiger partial charge in [-0.2, -0.15) is 0 Å². The van der Waals surface area contributed by atoms with Crippen molar-refractivity contribution in [3.05, 3.63) is 34.7 Å². The maximum atomic E-state index is 12.5. The summed E-state index contributed by atoms with van der Waals surface area (Å²) < 4.78 is 5.49. The third kappa shape index (κ3) is 5.57. The first-order chi connectivity index (χ1) is 12.4. The number of aliphatic carboxylic acids is 1. The second kappa shape index (κ2) is 9.35. The van der Waals surface area contributed by atoms with Crippen LogP contribution in [0.15, 0.2) is 29.2 Å². The molecule has 0 spiro atoms. The Balaban J connectivity index is 1.92. The number of ether oxygens (including phenoxy) is 1. The molecular formula is C17H18N2O5S2. The second-order valence-electron chi connectivity index (χ2n) is 5.35. The van der Waals surface area contributed by atoms with Crippen LogP contribution < -0.4 is 10.1 Å². The molecule has 0 saturated carbocycles. The molecule has 9 heteroatoms. The highest BCUT2D eigenvalue weighted by molar-refractivity contribution is 8.26. The van der Waals surface area contributed by atoms with E-state index in [2.05, 4.69) is 5.32 Å². The van der Waals surface area contributed by atoms with Crippen molar-refractivity contribution < 1.29 is 24.2 Å². The number of carbonyl (C=O) groups excluding carboxylic acids is 2. The average molecular weight is 394 g/mol. The van der Waals surface area contributed by atoms with Gasteiger partial charge in [-0.15, -0.1) is 0 Å². The van der Waals surface area contributed by atoms with Gasteiger partial charge < -0.3 is 15.2 Å². The molecule has 0 unspecified atom stereocenters. The quantitative estimate of drug-likeness (QED) is 0.513. The molecule has 138 valence electrons. The Hall–Kier alpha value is -2.39. The monoisotopic (exact) mass is 394 g/mol. The standard InChI is InChI=1S/C17H18N2O5S2/c1-24-12-4-2-11(3-5-12)10-13-16(23)19(17(25)26-13)9-7-14(20)18-8-6-15(21)22/h2-5,10H,6-9H2,1H3,(H,18,20)(H,21,22)/b13-10+. The average Bonchev–Trinajstić information content (AvgIpc) is 2.87. The maximum absolute atomic E-state index is 12.5. The molecule has 0 atom stereocenters. The van der Waals surface area contributed by atoms with Gasteiger partial charge in [-0.1, -0.05) is 36.1 Å². The third-order valence-corrected chi connectivity index (χ3v) is 4.89. The Morgan fingerprint density at radius 1 is 1.31 bits per heavy atom. The van der Waals surface area contributed by atoms with E-state index in [9.17, 15) is 14.4 Å². The molecule has 2 N–H and O–H groups in total. The summed E-state index contributed by atoms with van der Waals surface area (Å²) >= 11 is 6.41. The lowest BCUT2D eigenvalue weighted by Crippen LogP contribution is -2.34. The number of hydrogen-bond acceptors (Lipinski definition) is 6. The van der Waals surface area contributed by atoms with Crippen LogP contribution in [0.5, 0.6) is 5.75 Å². The van der Waals surface area contributed by atoms with Crippen LogP contribution in [0.4, 0.5) is 0 Å². The van der Waals surface area contributed by atoms with E-state index in [0.717, 1.165) is 11.3 Å². The van der Waals surface area contributed by atoms with Crippen molar-refractivity contribution in [2.45, 2.75) is 12.8 Å². The Kier molecular flexibility index (Phi) is 7.16. The van der Waals surface area contributed by atoms with Crippen LogP contribution >= 0.6 is 24.0 Å². The van der Waals surface area contributed by atoms with Crippen LogP contribution in [0, 0.1) is 0 Å². The minimum absolute atomic E-state index is 0.0574. The number of carboxylic acids is 1. The Morgan fingerprint density at radius 2 is 2.00 bits per heavy atom. The lowest BCUT2D eigenvalue weighted by atomic mass is 10.2. The van der Waals surface area contributed by atoms with E-state index in [1.807, 2.05) is 12.1 Å². The number of nitrogens with zero attached hydrogens (tertiary/aromatic N) is 1. The predicted octanol–water partition coefficient (Wildman–Crippen LogP) is 1.88. The molecule has 1 aliphatic heterocycles. The van der Waals surface area contributed by atoms with Gasteiger partial charge in [0.2, 0.25) is 5.91 Å². The van der Waals surface area contributed by atoms with Crippen LogP contribution in [0.3, 0.4) is 0 Å². The van der Waals surface area contributed by atoms with Gasteiger partial charge >= 0.3 is 5.97 Å². The topological polar surface area (TPSA) is 95.9 Å². The van der Waals surface area contributed by atoms with Crippen molar-refractivity contribution in [3.63, 3.8) is 0 Å². The first-order valence-electron chi connectivity index (χ1n) is 7.78. The zero-order valence-corrected chi connectivity index (χ0v) is 15.7. The summed E-state index contributed by atoms with van der Waals surface area (Å²) in [7, 11) is 1.58. The molecular weight excluding hydrogens is 376 g/mol. The van der Waals surface area contributed by atoms with Crippen LogP contribution in [-0.2, 0) is 14.4 Å². The van der Waals surface area contributed by atoms with Crippen LogP contribution in [0.2, 0.25) is 0 Å². The molecule has 0 bridgehead atoms. The lowest BCUT2D eigenvalue weighted by molar-refractivity contribution is -0.136. The van der Waals surface area contributed by atoms with E-state index in [1.165, 1.54) is 16.7 Å². The number of methoxy groups -OCH3 is 1. The summed E-state index contributed by atoms with van der Waals surface area (Å²) in [5.74, 6) is -0.817. The first-order valence-corrected chi connectivity index (χ1v) is 9.01. The highest BCUT2D eigenvalue weighted by Gasteiger charge is 2.32. The molecule has 1 aromatic rings. The summed E-state index contributed by atoms with van der Waals surface area (Å²) in [6, 6.07) is 7.27. The fraction of sp³-hybridized carbons (Fsp3) is 0.294. The Labute approximate surface area is 160 Å². The molecule has 1 fully saturated rings. The highest BCUT2D eigenvalue weighted by Crippen LogP contribution is 2.32. The van der Waals surface area contributed by atoms with Crippen molar-refractivity contribution >= 4 is 52.2 Å². The summed E-state index contributed by atoms with van der Waals surface area (Å²) in [5, 5.41) is 11.0. The van der Waals surface area contributed by atoms with E-state index in [1.54, 1.807) is 25.3 Å². The van der Waals surface area contributed by atoms with Crippen molar-refractivity contribution in [3.8, 4) is 5.75 Å². The number of nitrogens with one attached hydrogen (secondary N) is 1. The van der Waals surface area contributed by atoms with Gasteiger partial charge in [0.25, 0.3) is 5.91 Å². The third-order valence-electron chi connectivity index (χ3n) is 3.51. The van der Waals surface area contributed by atoms with E-state index in [-0.39, 0.29) is 37.7 Å². The molecule has 1 heterocycles. The fourth-order valence-corrected chi connectivity index (χ4v) is 3.46. The van der Waals surface area contributed by atoms with Gasteiger partial charge in [0.15, 0.2) is 0 Å². The number of benzene rings is 1. The minimum Gasteiger partial charge on any atom is -0.497 e. The van der Waals surface area contributed by atoms with Gasteiger partial charge in [-0.05, 0) is 23.8 Å². The van der Waals surface area contributed by atoms with Crippen molar-refractivity contribution in [2.24, 2.45) is 0 Å². The Bertz CT molecular complexity index is 746. The SMILES string of the molecule is COc1ccc(/C=C2/SC(=S)N(CCC(=O)NCCC(=O)O)C2=O)cc1. The molecule has 1 aliphatic rings. The van der Waals surface area contributed by atoms with Crippen molar-refractivity contribution in [1.82, 2.24) is 10.2 Å². The number of thioether (sulfide) groups is 1. The van der Waals surface area contributed by atoms with Crippen molar-refractivity contribution in [1.29, 1.82) is 0 Å². The number of amides is 2. The summed E-state index contributed by atoms with van der Waals surface area (Å²) in [6.07, 6.45) is 1.66. The van der Waals surface area contributed by atoms with Crippen LogP contribution in [0.25, 0.3) is 6.08 Å². The fourth-order valence-electron chi connectivity index (χ4n) is 2.15. The molecule has 7 nitrogen and oxygen atoms in total. The van der Waals surface area contributed by atoms with E-state index in [4.69, 9.17) is 22.1 Å². The van der Waals surface area contributed by atoms with Gasteiger partial charge in [0.1, 0.15) is 10.1 Å². The summed E-state index contributed by atoms with van der Waals surface area (Å²) in [4.78, 5) is 36.5. The zero-order valence-electron chi connectivity index (χ0n) is 14.1. The van der Waals surface area contributed by atoms with E-state index >= 15 is 0 Å². The molecule has 2 rings (SSSR count). The second-order valence-corrected chi connectivity index (χ2v) is 7.03.